The minimum atomic E-state index is 0.628. The molecule has 1 aliphatic heterocycles. The van der Waals surface area contributed by atoms with Gasteiger partial charge in [0.1, 0.15) is 0 Å². The van der Waals surface area contributed by atoms with Crippen molar-refractivity contribution in [3.05, 3.63) is 16.1 Å². The first-order valence-electron chi connectivity index (χ1n) is 6.71. The van der Waals surface area contributed by atoms with Crippen molar-refractivity contribution in [3.63, 3.8) is 0 Å². The Kier molecular flexibility index (Phi) is 3.45. The van der Waals surface area contributed by atoms with Gasteiger partial charge in [0.05, 0.1) is 5.01 Å². The van der Waals surface area contributed by atoms with E-state index < -0.39 is 0 Å². The number of aromatic nitrogens is 1. The highest BCUT2D eigenvalue weighted by molar-refractivity contribution is 7.11. The quantitative estimate of drug-likeness (QED) is 0.892. The highest BCUT2D eigenvalue weighted by Gasteiger charge is 2.23. The molecule has 1 N–H and O–H groups in total. The van der Waals surface area contributed by atoms with Crippen molar-refractivity contribution in [2.45, 2.75) is 44.7 Å². The molecule has 2 fully saturated rings. The van der Waals surface area contributed by atoms with Crippen molar-refractivity contribution < 1.29 is 0 Å². The molecule has 0 unspecified atom stereocenters. The molecule has 0 bridgehead atoms. The maximum atomic E-state index is 4.60. The van der Waals surface area contributed by atoms with Gasteiger partial charge in [-0.2, -0.15) is 0 Å². The van der Waals surface area contributed by atoms with E-state index in [1.54, 1.807) is 0 Å². The van der Waals surface area contributed by atoms with Crippen LogP contribution < -0.4 is 5.32 Å². The van der Waals surface area contributed by atoms with Crippen molar-refractivity contribution in [2.24, 2.45) is 0 Å². The molecule has 0 aromatic carbocycles. The molecule has 3 nitrogen and oxygen atoms in total. The van der Waals surface area contributed by atoms with Crippen LogP contribution in [0.3, 0.4) is 0 Å². The molecule has 2 heterocycles. The predicted molar refractivity (Wildman–Crippen MR) is 71.4 cm³/mol. The molecule has 1 aromatic rings. The fourth-order valence-corrected chi connectivity index (χ4v) is 3.74. The van der Waals surface area contributed by atoms with Crippen LogP contribution in [0.15, 0.2) is 6.20 Å². The van der Waals surface area contributed by atoms with Gasteiger partial charge >= 0.3 is 0 Å². The Bertz CT molecular complexity index is 372. The number of thiazole rings is 1. The van der Waals surface area contributed by atoms with Gasteiger partial charge in [0.15, 0.2) is 0 Å². The largest absolute Gasteiger partial charge is 0.312 e. The number of piperazine rings is 1. The Morgan fingerprint density at radius 3 is 3.12 bits per heavy atom. The third kappa shape index (κ3) is 2.69. The Morgan fingerprint density at radius 2 is 2.41 bits per heavy atom. The zero-order chi connectivity index (χ0) is 11.7. The Labute approximate surface area is 107 Å². The van der Waals surface area contributed by atoms with Gasteiger partial charge < -0.3 is 5.32 Å². The summed E-state index contributed by atoms with van der Waals surface area (Å²) in [5.74, 6) is 0.788. The molecule has 0 spiro atoms. The van der Waals surface area contributed by atoms with E-state index in [-0.39, 0.29) is 0 Å². The van der Waals surface area contributed by atoms with Gasteiger partial charge in [-0.25, -0.2) is 4.98 Å². The average Bonchev–Trinajstić information content (AvgIpc) is 2.63. The van der Waals surface area contributed by atoms with Crippen LogP contribution in [0, 0.1) is 0 Å². The van der Waals surface area contributed by atoms with Gasteiger partial charge in [0, 0.05) is 49.2 Å². The molecule has 1 aliphatic carbocycles. The molecule has 3 rings (SSSR count). The van der Waals surface area contributed by atoms with Crippen molar-refractivity contribution in [2.75, 3.05) is 19.6 Å². The molecule has 4 heteroatoms. The smallest absolute Gasteiger partial charge is 0.0959 e. The molecular formula is C13H21N3S. The second-order valence-corrected chi connectivity index (χ2v) is 6.53. The summed E-state index contributed by atoms with van der Waals surface area (Å²) in [7, 11) is 0. The molecule has 17 heavy (non-hydrogen) atoms. The van der Waals surface area contributed by atoms with Crippen LogP contribution in [-0.4, -0.2) is 35.6 Å². The van der Waals surface area contributed by atoms with E-state index in [9.17, 15) is 0 Å². The van der Waals surface area contributed by atoms with Crippen molar-refractivity contribution in [1.29, 1.82) is 0 Å². The van der Waals surface area contributed by atoms with Crippen molar-refractivity contribution in [3.8, 4) is 0 Å². The monoisotopic (exact) mass is 251 g/mol. The normalized spacial score (nSPS) is 27.0. The Morgan fingerprint density at radius 1 is 1.53 bits per heavy atom. The fraction of sp³-hybridized carbons (Fsp3) is 0.769. The number of nitrogens with zero attached hydrogens (tertiary/aromatic N) is 2. The van der Waals surface area contributed by atoms with Gasteiger partial charge in [-0.05, 0) is 19.8 Å². The average molecular weight is 251 g/mol. The summed E-state index contributed by atoms with van der Waals surface area (Å²) >= 11 is 1.94. The third-order valence-corrected chi connectivity index (χ3v) is 5.00. The molecule has 1 atom stereocenters. The summed E-state index contributed by atoms with van der Waals surface area (Å²) in [5.41, 5.74) is 0. The van der Waals surface area contributed by atoms with Crippen LogP contribution in [0.1, 0.15) is 42.0 Å². The first-order chi connectivity index (χ1) is 8.31. The second kappa shape index (κ2) is 5.04. The van der Waals surface area contributed by atoms with Gasteiger partial charge in [0.25, 0.3) is 0 Å². The zero-order valence-corrected chi connectivity index (χ0v) is 11.3. The molecule has 94 valence electrons. The molecular weight excluding hydrogens is 230 g/mol. The SMILES string of the molecule is C[C@H]1CN(Cc2cnc(C3CCC3)s2)CCN1. The summed E-state index contributed by atoms with van der Waals surface area (Å²) in [6.07, 6.45) is 6.22. The molecule has 0 amide bonds. The first-order valence-corrected chi connectivity index (χ1v) is 7.53. The Hall–Kier alpha value is -0.450. The molecule has 1 saturated heterocycles. The molecule has 2 aliphatic rings. The van der Waals surface area contributed by atoms with E-state index in [0.717, 1.165) is 25.6 Å². The maximum absolute atomic E-state index is 4.60. The van der Waals surface area contributed by atoms with Crippen LogP contribution in [0.4, 0.5) is 0 Å². The summed E-state index contributed by atoms with van der Waals surface area (Å²) in [5, 5.41) is 4.87. The topological polar surface area (TPSA) is 28.2 Å². The maximum Gasteiger partial charge on any atom is 0.0959 e. The summed E-state index contributed by atoms with van der Waals surface area (Å²) < 4.78 is 0. The van der Waals surface area contributed by atoms with E-state index in [2.05, 4.69) is 28.3 Å². The number of hydrogen-bond acceptors (Lipinski definition) is 4. The lowest BCUT2D eigenvalue weighted by Crippen LogP contribution is -2.48. The number of hydrogen-bond donors (Lipinski definition) is 1. The van der Waals surface area contributed by atoms with E-state index in [4.69, 9.17) is 0 Å². The number of nitrogens with one attached hydrogen (secondary N) is 1. The standard InChI is InChI=1S/C13H21N3S/c1-10-8-16(6-5-14-10)9-12-7-15-13(17-12)11-3-2-4-11/h7,10-11,14H,2-6,8-9H2,1H3/t10-/m0/s1. The predicted octanol–water partition coefficient (Wildman–Crippen LogP) is 2.20. The highest BCUT2D eigenvalue weighted by atomic mass is 32.1. The van der Waals surface area contributed by atoms with Crippen LogP contribution in [0.2, 0.25) is 0 Å². The van der Waals surface area contributed by atoms with Crippen LogP contribution in [0.5, 0.6) is 0 Å². The van der Waals surface area contributed by atoms with Crippen LogP contribution >= 0.6 is 11.3 Å². The summed E-state index contributed by atoms with van der Waals surface area (Å²) in [6, 6.07) is 0.628. The van der Waals surface area contributed by atoms with Gasteiger partial charge in [-0.1, -0.05) is 6.42 Å². The molecule has 1 saturated carbocycles. The number of rotatable bonds is 3. The van der Waals surface area contributed by atoms with Gasteiger partial charge in [0.2, 0.25) is 0 Å². The fourth-order valence-electron chi connectivity index (χ4n) is 2.62. The molecule has 0 radical (unpaired) electrons. The lowest BCUT2D eigenvalue weighted by molar-refractivity contribution is 0.201. The van der Waals surface area contributed by atoms with Gasteiger partial charge in [-0.15, -0.1) is 11.3 Å². The van der Waals surface area contributed by atoms with Crippen molar-refractivity contribution >= 4 is 11.3 Å². The Balaban J connectivity index is 1.58. The van der Waals surface area contributed by atoms with Crippen molar-refractivity contribution in [1.82, 2.24) is 15.2 Å². The first kappa shape index (κ1) is 11.6. The highest BCUT2D eigenvalue weighted by Crippen LogP contribution is 2.38. The lowest BCUT2D eigenvalue weighted by Gasteiger charge is -2.31. The van der Waals surface area contributed by atoms with Gasteiger partial charge in [-0.3, -0.25) is 4.90 Å². The minimum Gasteiger partial charge on any atom is -0.312 e. The summed E-state index contributed by atoms with van der Waals surface area (Å²) in [4.78, 5) is 8.59. The third-order valence-electron chi connectivity index (χ3n) is 3.86. The van der Waals surface area contributed by atoms with E-state index in [0.29, 0.717) is 6.04 Å². The van der Waals surface area contributed by atoms with Crippen LogP contribution in [-0.2, 0) is 6.54 Å². The van der Waals surface area contributed by atoms with E-state index >= 15 is 0 Å². The summed E-state index contributed by atoms with van der Waals surface area (Å²) in [6.45, 7) is 6.81. The van der Waals surface area contributed by atoms with E-state index in [1.807, 2.05) is 11.3 Å². The lowest BCUT2D eigenvalue weighted by atomic mass is 9.86. The molecule has 1 aromatic heterocycles. The second-order valence-electron chi connectivity index (χ2n) is 5.38. The minimum absolute atomic E-state index is 0.628. The van der Waals surface area contributed by atoms with E-state index in [1.165, 1.54) is 35.7 Å². The zero-order valence-electron chi connectivity index (χ0n) is 10.5. The van der Waals surface area contributed by atoms with Crippen LogP contribution in [0.25, 0.3) is 0 Å².